The minimum Gasteiger partial charge on any atom is -0.388 e. The van der Waals surface area contributed by atoms with E-state index in [0.29, 0.717) is 11.6 Å². The van der Waals surface area contributed by atoms with Crippen LogP contribution in [0.3, 0.4) is 0 Å². The average Bonchev–Trinajstić information content (AvgIpc) is 2.68. The molecule has 0 saturated heterocycles. The van der Waals surface area contributed by atoms with Gasteiger partial charge < -0.3 is 15.6 Å². The third-order valence-electron chi connectivity index (χ3n) is 2.97. The van der Waals surface area contributed by atoms with E-state index < -0.39 is 0 Å². The topological polar surface area (TPSA) is 89.9 Å². The number of rotatable bonds is 4. The lowest BCUT2D eigenvalue weighted by Gasteiger charge is -2.14. The van der Waals surface area contributed by atoms with Gasteiger partial charge in [0.1, 0.15) is 16.4 Å². The zero-order valence-electron chi connectivity index (χ0n) is 11.9. The summed E-state index contributed by atoms with van der Waals surface area (Å²) < 4.78 is 5.17. The average molecular weight is 291 g/mol. The van der Waals surface area contributed by atoms with Gasteiger partial charge in [-0.25, -0.2) is 9.97 Å². The van der Waals surface area contributed by atoms with Crippen LogP contribution in [0.15, 0.2) is 10.6 Å². The van der Waals surface area contributed by atoms with Gasteiger partial charge in [0.25, 0.3) is 0 Å². The Hall–Kier alpha value is -2.02. The van der Waals surface area contributed by atoms with Crippen LogP contribution < -0.4 is 11.1 Å². The molecule has 7 heteroatoms. The zero-order valence-corrected chi connectivity index (χ0v) is 12.7. The van der Waals surface area contributed by atoms with Crippen LogP contribution in [0.2, 0.25) is 0 Å². The number of anilines is 1. The van der Waals surface area contributed by atoms with Crippen LogP contribution in [0, 0.1) is 20.8 Å². The van der Waals surface area contributed by atoms with E-state index in [4.69, 9.17) is 22.5 Å². The summed E-state index contributed by atoms with van der Waals surface area (Å²) in [6.45, 7) is 7.65. The predicted molar refractivity (Wildman–Crippen MR) is 80.7 cm³/mol. The second kappa shape index (κ2) is 5.54. The van der Waals surface area contributed by atoms with E-state index in [-0.39, 0.29) is 11.0 Å². The maximum absolute atomic E-state index is 5.61. The first-order valence-corrected chi connectivity index (χ1v) is 6.64. The largest absolute Gasteiger partial charge is 0.388 e. The summed E-state index contributed by atoms with van der Waals surface area (Å²) in [6.07, 6.45) is 0. The number of nitrogens with one attached hydrogen (secondary N) is 1. The minimum atomic E-state index is -0.0257. The zero-order chi connectivity index (χ0) is 14.9. The fourth-order valence-electron chi connectivity index (χ4n) is 2.13. The number of hydrogen-bond donors (Lipinski definition) is 2. The molecule has 0 aromatic carbocycles. The monoisotopic (exact) mass is 291 g/mol. The molecule has 2 heterocycles. The molecule has 6 nitrogen and oxygen atoms in total. The van der Waals surface area contributed by atoms with Crippen LogP contribution in [0.5, 0.6) is 0 Å². The van der Waals surface area contributed by atoms with Crippen LogP contribution in [0.4, 0.5) is 5.95 Å². The molecule has 0 saturated carbocycles. The van der Waals surface area contributed by atoms with E-state index in [1.54, 1.807) is 6.07 Å². The van der Waals surface area contributed by atoms with Crippen molar-refractivity contribution in [2.24, 2.45) is 5.73 Å². The molecule has 0 radical (unpaired) electrons. The molecule has 2 rings (SSSR count). The van der Waals surface area contributed by atoms with E-state index in [1.165, 1.54) is 0 Å². The molecule has 0 spiro atoms. The highest BCUT2D eigenvalue weighted by molar-refractivity contribution is 7.80. The Morgan fingerprint density at radius 3 is 2.60 bits per heavy atom. The highest BCUT2D eigenvalue weighted by Gasteiger charge is 2.17. The lowest BCUT2D eigenvalue weighted by Crippen LogP contribution is -2.16. The van der Waals surface area contributed by atoms with Crippen molar-refractivity contribution in [3.8, 4) is 0 Å². The van der Waals surface area contributed by atoms with Crippen molar-refractivity contribution in [2.75, 3.05) is 5.32 Å². The van der Waals surface area contributed by atoms with Gasteiger partial charge in [0.15, 0.2) is 0 Å². The van der Waals surface area contributed by atoms with Crippen LogP contribution in [-0.4, -0.2) is 20.1 Å². The second-order valence-corrected chi connectivity index (χ2v) is 5.13. The highest BCUT2D eigenvalue weighted by Crippen LogP contribution is 2.23. The number of nitrogens with two attached hydrogens (primary N) is 1. The van der Waals surface area contributed by atoms with Crippen LogP contribution in [-0.2, 0) is 0 Å². The molecule has 20 heavy (non-hydrogen) atoms. The maximum Gasteiger partial charge on any atom is 0.224 e. The van der Waals surface area contributed by atoms with Crippen LogP contribution >= 0.6 is 12.2 Å². The maximum atomic E-state index is 5.61. The van der Waals surface area contributed by atoms with Gasteiger partial charge in [-0.05, 0) is 33.8 Å². The Balaban J connectivity index is 2.28. The molecule has 3 N–H and O–H groups in total. The predicted octanol–water partition coefficient (Wildman–Crippen LogP) is 2.20. The fourth-order valence-corrected chi connectivity index (χ4v) is 2.24. The molecule has 1 unspecified atom stereocenters. The van der Waals surface area contributed by atoms with E-state index >= 15 is 0 Å². The Kier molecular flexibility index (Phi) is 3.99. The summed E-state index contributed by atoms with van der Waals surface area (Å²) in [7, 11) is 0. The Morgan fingerprint density at radius 2 is 2.05 bits per heavy atom. The Morgan fingerprint density at radius 1 is 1.35 bits per heavy atom. The van der Waals surface area contributed by atoms with Gasteiger partial charge in [-0.15, -0.1) is 0 Å². The molecule has 0 amide bonds. The van der Waals surface area contributed by atoms with Crippen molar-refractivity contribution >= 4 is 23.2 Å². The summed E-state index contributed by atoms with van der Waals surface area (Å²) in [5.74, 6) is 1.27. The summed E-state index contributed by atoms with van der Waals surface area (Å²) in [6, 6.07) is 1.73. The Labute approximate surface area is 122 Å². The third kappa shape index (κ3) is 2.93. The minimum absolute atomic E-state index is 0.0257. The lowest BCUT2D eigenvalue weighted by molar-refractivity contribution is 0.392. The summed E-state index contributed by atoms with van der Waals surface area (Å²) >= 11 is 4.95. The molecule has 106 valence electrons. The van der Waals surface area contributed by atoms with Crippen molar-refractivity contribution in [1.82, 2.24) is 15.1 Å². The number of hydrogen-bond acceptors (Lipinski definition) is 6. The van der Waals surface area contributed by atoms with Gasteiger partial charge in [0.05, 0.1) is 11.7 Å². The molecule has 2 aromatic heterocycles. The van der Waals surface area contributed by atoms with E-state index in [9.17, 15) is 0 Å². The molecule has 0 bridgehead atoms. The van der Waals surface area contributed by atoms with Gasteiger partial charge in [0.2, 0.25) is 5.95 Å². The molecule has 0 aliphatic heterocycles. The first kappa shape index (κ1) is 14.4. The molecule has 0 fully saturated rings. The molecular weight excluding hydrogens is 274 g/mol. The first-order chi connectivity index (χ1) is 9.38. The quantitative estimate of drug-likeness (QED) is 0.834. The van der Waals surface area contributed by atoms with Crippen LogP contribution in [0.25, 0.3) is 0 Å². The molecule has 0 aliphatic rings. The van der Waals surface area contributed by atoms with Crippen molar-refractivity contribution in [3.05, 3.63) is 34.5 Å². The van der Waals surface area contributed by atoms with Crippen molar-refractivity contribution in [1.29, 1.82) is 0 Å². The van der Waals surface area contributed by atoms with Gasteiger partial charge in [-0.2, -0.15) is 0 Å². The molecule has 0 aliphatic carbocycles. The molecule has 2 aromatic rings. The smallest absolute Gasteiger partial charge is 0.224 e. The van der Waals surface area contributed by atoms with Gasteiger partial charge in [-0.3, -0.25) is 0 Å². The Bertz CT molecular complexity index is 633. The number of aromatic nitrogens is 3. The highest BCUT2D eigenvalue weighted by atomic mass is 32.1. The van der Waals surface area contributed by atoms with E-state index in [0.717, 1.165) is 22.7 Å². The fraction of sp³-hybridized carbons (Fsp3) is 0.385. The normalized spacial score (nSPS) is 12.2. The van der Waals surface area contributed by atoms with E-state index in [1.807, 2.05) is 27.7 Å². The van der Waals surface area contributed by atoms with Crippen molar-refractivity contribution < 1.29 is 4.52 Å². The lowest BCUT2D eigenvalue weighted by atomic mass is 10.1. The SMILES string of the molecule is Cc1cc(C(N)=S)nc(NC(C)c2c(C)noc2C)n1. The van der Waals surface area contributed by atoms with Crippen molar-refractivity contribution in [3.63, 3.8) is 0 Å². The number of aryl methyl sites for hydroxylation is 3. The summed E-state index contributed by atoms with van der Waals surface area (Å²) in [5.41, 5.74) is 8.83. The molecule has 1 atom stereocenters. The van der Waals surface area contributed by atoms with Crippen LogP contribution in [0.1, 0.15) is 41.4 Å². The van der Waals surface area contributed by atoms with Gasteiger partial charge in [-0.1, -0.05) is 17.4 Å². The first-order valence-electron chi connectivity index (χ1n) is 6.23. The number of thiocarbonyl (C=S) groups is 1. The standard InChI is InChI=1S/C13H17N5OS/c1-6-5-10(12(14)20)17-13(15-6)16-7(2)11-8(3)18-19-9(11)4/h5,7H,1-4H3,(H2,14,20)(H,15,16,17). The molecular formula is C13H17N5OS. The summed E-state index contributed by atoms with van der Waals surface area (Å²) in [4.78, 5) is 8.89. The summed E-state index contributed by atoms with van der Waals surface area (Å²) in [5, 5.41) is 7.17. The number of nitrogens with zero attached hydrogens (tertiary/aromatic N) is 3. The van der Waals surface area contributed by atoms with Gasteiger partial charge >= 0.3 is 0 Å². The third-order valence-corrected chi connectivity index (χ3v) is 3.18. The van der Waals surface area contributed by atoms with Gasteiger partial charge in [0, 0.05) is 11.3 Å². The second-order valence-electron chi connectivity index (χ2n) is 4.69. The van der Waals surface area contributed by atoms with E-state index in [2.05, 4.69) is 20.4 Å². The van der Waals surface area contributed by atoms with Crippen molar-refractivity contribution in [2.45, 2.75) is 33.7 Å².